The highest BCUT2D eigenvalue weighted by atomic mass is 35.5. The summed E-state index contributed by atoms with van der Waals surface area (Å²) in [6, 6.07) is 17.6. The molecule has 0 saturated carbocycles. The van der Waals surface area contributed by atoms with E-state index in [1.807, 2.05) is 6.07 Å². The number of allylic oxidation sites excluding steroid dienone is 1. The van der Waals surface area contributed by atoms with Gasteiger partial charge in [-0.1, -0.05) is 41.4 Å². The fourth-order valence-electron chi connectivity index (χ4n) is 2.85. The van der Waals surface area contributed by atoms with Gasteiger partial charge < -0.3 is 15.0 Å². The molecule has 4 rings (SSSR count). The molecule has 4 aromatic rings. The third-order valence-corrected chi connectivity index (χ3v) is 6.52. The van der Waals surface area contributed by atoms with Crippen LogP contribution in [0.3, 0.4) is 0 Å². The minimum absolute atomic E-state index is 0.000324. The van der Waals surface area contributed by atoms with Gasteiger partial charge in [-0.05, 0) is 59.9 Å². The largest absolute Gasteiger partial charge is 0.433 e. The zero-order valence-electron chi connectivity index (χ0n) is 16.8. The zero-order chi connectivity index (χ0) is 23.4. The molecule has 0 spiro atoms. The third-order valence-electron chi connectivity index (χ3n) is 4.49. The molecule has 0 fully saturated rings. The number of rotatable bonds is 7. The Balaban J connectivity index is 1.41. The fourth-order valence-corrected chi connectivity index (χ4v) is 4.07. The van der Waals surface area contributed by atoms with Gasteiger partial charge >= 0.3 is 0 Å². The number of halogens is 2. The number of hydrogen-bond donors (Lipinski definition) is 1. The van der Waals surface area contributed by atoms with E-state index in [4.69, 9.17) is 23.2 Å². The van der Waals surface area contributed by atoms with E-state index < -0.39 is 10.0 Å². The maximum absolute atomic E-state index is 12.6. The number of nitrogens with one attached hydrogen (secondary N) is 1. The molecule has 1 aromatic heterocycles. The van der Waals surface area contributed by atoms with E-state index in [0.29, 0.717) is 32.3 Å². The highest BCUT2D eigenvalue weighted by molar-refractivity contribution is 7.94. The fraction of sp³-hybridized carbons (Fsp3) is 0. The van der Waals surface area contributed by atoms with Crippen molar-refractivity contribution in [1.29, 1.82) is 0 Å². The van der Waals surface area contributed by atoms with Crippen molar-refractivity contribution >= 4 is 61.5 Å². The molecule has 0 unspecified atom stereocenters. The van der Waals surface area contributed by atoms with Gasteiger partial charge in [-0.3, -0.25) is 9.78 Å². The number of fused-ring (bicyclic) bond motifs is 1. The predicted octanol–water partition coefficient (Wildman–Crippen LogP) is 6.14. The number of para-hydroxylation sites is 2. The summed E-state index contributed by atoms with van der Waals surface area (Å²) < 4.78 is 29.0. The van der Waals surface area contributed by atoms with E-state index in [1.54, 1.807) is 42.5 Å². The Hall–Kier alpha value is -3.46. The van der Waals surface area contributed by atoms with Gasteiger partial charge in [0, 0.05) is 29.7 Å². The maximum Gasteiger partial charge on any atom is 0.202 e. The Morgan fingerprint density at radius 1 is 0.939 bits per heavy atom. The minimum atomic E-state index is -3.98. The quantitative estimate of drug-likeness (QED) is 0.243. The summed E-state index contributed by atoms with van der Waals surface area (Å²) in [5, 5.41) is 3.57. The lowest BCUT2D eigenvalue weighted by molar-refractivity contribution is 0.104. The summed E-state index contributed by atoms with van der Waals surface area (Å²) >= 11 is 11.8. The van der Waals surface area contributed by atoms with Gasteiger partial charge in [0.1, 0.15) is 0 Å². The molecule has 0 aliphatic carbocycles. The van der Waals surface area contributed by atoms with Crippen LogP contribution in [-0.4, -0.2) is 24.2 Å². The number of ketones is 1. The van der Waals surface area contributed by atoms with Crippen molar-refractivity contribution in [2.24, 2.45) is 0 Å². The number of carbonyl (C=O) groups is 1. The first-order valence-electron chi connectivity index (χ1n) is 9.54. The average Bonchev–Trinajstić information content (AvgIpc) is 2.81. The molecule has 166 valence electrons. The maximum atomic E-state index is 12.6. The number of carbonyl (C=O) groups excluding carboxylic acids is 1. The van der Waals surface area contributed by atoms with Crippen LogP contribution in [0.15, 0.2) is 90.1 Å². The first kappa shape index (κ1) is 22.7. The van der Waals surface area contributed by atoms with Crippen LogP contribution < -0.4 is 5.32 Å². The van der Waals surface area contributed by atoms with Gasteiger partial charge in [-0.2, -0.15) is 0 Å². The van der Waals surface area contributed by atoms with Crippen LogP contribution in [0, 0.1) is 0 Å². The van der Waals surface area contributed by atoms with Crippen LogP contribution >= 0.6 is 23.2 Å². The molecule has 0 radical (unpaired) electrons. The summed E-state index contributed by atoms with van der Waals surface area (Å²) in [4.78, 5) is 20.6. The number of sulfonamides is 1. The molecule has 10 heteroatoms. The molecule has 0 amide bonds. The number of benzene rings is 3. The topological polar surface area (TPSA) is 103 Å². The van der Waals surface area contributed by atoms with Crippen LogP contribution in [0.4, 0.5) is 11.5 Å². The lowest BCUT2D eigenvalue weighted by Crippen LogP contribution is -2.00. The van der Waals surface area contributed by atoms with Gasteiger partial charge in [0.2, 0.25) is 10.0 Å². The van der Waals surface area contributed by atoms with E-state index in [-0.39, 0.29) is 16.5 Å². The summed E-state index contributed by atoms with van der Waals surface area (Å²) in [6.07, 6.45) is 4.09. The van der Waals surface area contributed by atoms with E-state index in [9.17, 15) is 13.2 Å². The van der Waals surface area contributed by atoms with Gasteiger partial charge in [0.15, 0.2) is 5.78 Å². The summed E-state index contributed by atoms with van der Waals surface area (Å²) in [7, 11) is -3.98. The standard InChI is InChI=1S/C23H16Cl2N4O3S/c24-18-10-5-15(13-19(18)25)22(30)11-12-26-16-6-8-17(9-7-16)33(31,32)29-23-14-27-20-3-1-2-4-21(20)28-23/h1-14H,(H2,26,28,29,30)/p-1. The molecule has 0 bridgehead atoms. The van der Waals surface area contributed by atoms with Crippen LogP contribution in [0.1, 0.15) is 10.4 Å². The second-order valence-electron chi connectivity index (χ2n) is 6.78. The van der Waals surface area contributed by atoms with Gasteiger partial charge in [-0.15, -0.1) is 0 Å². The second-order valence-corrected chi connectivity index (χ2v) is 9.20. The molecular weight excluding hydrogens is 483 g/mol. The number of anilines is 1. The average molecular weight is 498 g/mol. The summed E-state index contributed by atoms with van der Waals surface area (Å²) in [5.74, 6) is -0.268. The zero-order valence-corrected chi connectivity index (χ0v) is 19.1. The number of aromatic nitrogens is 2. The molecule has 7 nitrogen and oxygen atoms in total. The van der Waals surface area contributed by atoms with Crippen molar-refractivity contribution in [3.8, 4) is 0 Å². The highest BCUT2D eigenvalue weighted by Crippen LogP contribution is 2.27. The first-order valence-corrected chi connectivity index (χ1v) is 11.7. The van der Waals surface area contributed by atoms with Gasteiger partial charge in [-0.25, -0.2) is 8.42 Å². The molecule has 0 aliphatic rings. The van der Waals surface area contributed by atoms with Crippen molar-refractivity contribution in [1.82, 2.24) is 9.97 Å². The number of hydrogen-bond acceptors (Lipinski definition) is 6. The Bertz CT molecular complexity index is 1470. The lowest BCUT2D eigenvalue weighted by Gasteiger charge is -2.16. The predicted molar refractivity (Wildman–Crippen MR) is 130 cm³/mol. The summed E-state index contributed by atoms with van der Waals surface area (Å²) in [6.45, 7) is 0. The third kappa shape index (κ3) is 5.48. The molecular formula is C23H15Cl2N4O3S-. The minimum Gasteiger partial charge on any atom is -0.433 e. The van der Waals surface area contributed by atoms with Crippen molar-refractivity contribution < 1.29 is 13.2 Å². The van der Waals surface area contributed by atoms with Crippen LogP contribution in [0.25, 0.3) is 15.8 Å². The Kier molecular flexibility index (Phi) is 6.60. The number of nitrogens with zero attached hydrogens (tertiary/aromatic N) is 3. The molecule has 1 N–H and O–H groups in total. The van der Waals surface area contributed by atoms with E-state index in [0.717, 1.165) is 0 Å². The molecule has 0 saturated heterocycles. The second kappa shape index (κ2) is 9.58. The van der Waals surface area contributed by atoms with Crippen molar-refractivity contribution in [3.63, 3.8) is 0 Å². The molecule has 3 aromatic carbocycles. The van der Waals surface area contributed by atoms with Crippen LogP contribution in [0.5, 0.6) is 0 Å². The van der Waals surface area contributed by atoms with Gasteiger partial charge in [0.05, 0.1) is 20.5 Å². The normalized spacial score (nSPS) is 11.6. The molecule has 0 atom stereocenters. The molecule has 0 aliphatic heterocycles. The van der Waals surface area contributed by atoms with Crippen LogP contribution in [0.2, 0.25) is 10.0 Å². The first-order chi connectivity index (χ1) is 15.8. The molecule has 33 heavy (non-hydrogen) atoms. The monoisotopic (exact) mass is 497 g/mol. The Morgan fingerprint density at radius 3 is 2.39 bits per heavy atom. The SMILES string of the molecule is O=C(/C=C/Nc1ccc(S(=O)(=O)[N-]c2cnc3ccccc3n2)cc1)c1ccc(Cl)c(Cl)c1. The highest BCUT2D eigenvalue weighted by Gasteiger charge is 2.10. The van der Waals surface area contributed by atoms with E-state index in [2.05, 4.69) is 20.0 Å². The van der Waals surface area contributed by atoms with E-state index in [1.165, 1.54) is 36.7 Å². The molecule has 1 heterocycles. The smallest absolute Gasteiger partial charge is 0.202 e. The van der Waals surface area contributed by atoms with Crippen molar-refractivity contribution in [2.45, 2.75) is 4.90 Å². The van der Waals surface area contributed by atoms with Crippen LogP contribution in [-0.2, 0) is 10.0 Å². The summed E-state index contributed by atoms with van der Waals surface area (Å²) in [5.41, 5.74) is 2.17. The Labute approximate surface area is 200 Å². The lowest BCUT2D eigenvalue weighted by atomic mass is 10.1. The Morgan fingerprint density at radius 2 is 1.67 bits per heavy atom. The van der Waals surface area contributed by atoms with Crippen molar-refractivity contribution in [2.75, 3.05) is 5.32 Å². The van der Waals surface area contributed by atoms with Gasteiger partial charge in [0.25, 0.3) is 0 Å². The van der Waals surface area contributed by atoms with Crippen molar-refractivity contribution in [3.05, 3.63) is 106 Å². The van der Waals surface area contributed by atoms with E-state index >= 15 is 0 Å².